The van der Waals surface area contributed by atoms with Crippen molar-refractivity contribution in [1.29, 1.82) is 0 Å². The Hall–Kier alpha value is -1.52. The summed E-state index contributed by atoms with van der Waals surface area (Å²) in [7, 11) is 1.16. The van der Waals surface area contributed by atoms with Crippen LogP contribution in [0.5, 0.6) is 0 Å². The van der Waals surface area contributed by atoms with Gasteiger partial charge < -0.3 is 14.9 Å². The van der Waals surface area contributed by atoms with Crippen LogP contribution in [0.2, 0.25) is 0 Å². The predicted octanol–water partition coefficient (Wildman–Crippen LogP) is 0.712. The van der Waals surface area contributed by atoms with Crippen LogP contribution in [0.1, 0.15) is 13.8 Å². The summed E-state index contributed by atoms with van der Waals surface area (Å²) in [5.74, 6) is -3.50. The highest BCUT2D eigenvalue weighted by Crippen LogP contribution is 2.13. The smallest absolute Gasteiger partial charge is 0.336 e. The van der Waals surface area contributed by atoms with E-state index in [0.717, 1.165) is 7.11 Å². The molecule has 0 fully saturated rings. The monoisotopic (exact) mass is 188 g/mol. The number of methoxy groups -OCH3 is 1. The molecule has 0 saturated carbocycles. The number of ether oxygens (including phenoxy) is 1. The molecule has 0 aromatic carbocycles. The van der Waals surface area contributed by atoms with Crippen molar-refractivity contribution in [3.05, 3.63) is 11.3 Å². The van der Waals surface area contributed by atoms with E-state index < -0.39 is 23.6 Å². The zero-order chi connectivity index (χ0) is 10.6. The molecule has 1 atom stereocenters. The lowest BCUT2D eigenvalue weighted by Gasteiger charge is -2.07. The maximum atomic E-state index is 10.8. The van der Waals surface area contributed by atoms with Crippen LogP contribution in [0.3, 0.4) is 0 Å². The van der Waals surface area contributed by atoms with Crippen molar-refractivity contribution < 1.29 is 24.5 Å². The summed E-state index contributed by atoms with van der Waals surface area (Å²) in [6.45, 7) is 2.59. The Morgan fingerprint density at radius 3 is 2.08 bits per heavy atom. The molecule has 0 bridgehead atoms. The molecule has 0 radical (unpaired) electrons. The molecule has 5 heteroatoms. The Morgan fingerprint density at radius 2 is 1.77 bits per heavy atom. The SMILES string of the molecule is COC(=O)C(C)=C(O)C(C)C(=O)O. The standard InChI is InChI=1S/C8H12O5/c1-4(7(10)11)6(9)5(2)8(12)13-3/h4,9H,1-3H3,(H,10,11). The minimum Gasteiger partial charge on any atom is -0.511 e. The molecule has 0 heterocycles. The molecule has 1 unspecified atom stereocenters. The zero-order valence-electron chi connectivity index (χ0n) is 7.70. The molecule has 0 aliphatic rings. The van der Waals surface area contributed by atoms with E-state index in [1.807, 2.05) is 0 Å². The number of carbonyl (C=O) groups excluding carboxylic acids is 1. The molecule has 74 valence electrons. The number of hydrogen-bond acceptors (Lipinski definition) is 4. The summed E-state index contributed by atoms with van der Waals surface area (Å²) in [6, 6.07) is 0. The number of carboxylic acids is 1. The van der Waals surface area contributed by atoms with Gasteiger partial charge in [-0.1, -0.05) is 0 Å². The van der Waals surface area contributed by atoms with Crippen molar-refractivity contribution >= 4 is 11.9 Å². The molecule has 5 nitrogen and oxygen atoms in total. The van der Waals surface area contributed by atoms with Gasteiger partial charge in [0.25, 0.3) is 0 Å². The van der Waals surface area contributed by atoms with E-state index >= 15 is 0 Å². The number of aliphatic hydroxyl groups is 1. The lowest BCUT2D eigenvalue weighted by atomic mass is 10.1. The molecular formula is C8H12O5. The van der Waals surface area contributed by atoms with Crippen molar-refractivity contribution in [2.45, 2.75) is 13.8 Å². The van der Waals surface area contributed by atoms with E-state index in [1.54, 1.807) is 0 Å². The highest BCUT2D eigenvalue weighted by molar-refractivity contribution is 5.89. The van der Waals surface area contributed by atoms with Crippen LogP contribution >= 0.6 is 0 Å². The van der Waals surface area contributed by atoms with Crippen molar-refractivity contribution in [2.24, 2.45) is 5.92 Å². The molecule has 0 aromatic rings. The highest BCUT2D eigenvalue weighted by atomic mass is 16.5. The Morgan fingerprint density at radius 1 is 1.31 bits per heavy atom. The lowest BCUT2D eigenvalue weighted by Crippen LogP contribution is -2.16. The van der Waals surface area contributed by atoms with Crippen LogP contribution in [0.25, 0.3) is 0 Å². The van der Waals surface area contributed by atoms with Gasteiger partial charge in [-0.15, -0.1) is 0 Å². The number of carbonyl (C=O) groups is 2. The van der Waals surface area contributed by atoms with Crippen LogP contribution in [-0.2, 0) is 14.3 Å². The summed E-state index contributed by atoms with van der Waals surface area (Å²) in [4.78, 5) is 21.3. The van der Waals surface area contributed by atoms with Crippen molar-refractivity contribution in [2.75, 3.05) is 7.11 Å². The lowest BCUT2D eigenvalue weighted by molar-refractivity contribution is -0.140. The number of esters is 1. The number of aliphatic carboxylic acids is 1. The molecule has 0 aliphatic heterocycles. The summed E-state index contributed by atoms with van der Waals surface area (Å²) >= 11 is 0. The Bertz CT molecular complexity index is 253. The minimum absolute atomic E-state index is 0.0857. The third-order valence-electron chi connectivity index (χ3n) is 1.66. The number of hydrogen-bond donors (Lipinski definition) is 2. The van der Waals surface area contributed by atoms with Crippen LogP contribution in [0, 0.1) is 5.92 Å². The first-order valence-corrected chi connectivity index (χ1v) is 3.62. The van der Waals surface area contributed by atoms with Crippen LogP contribution in [-0.4, -0.2) is 29.3 Å². The summed E-state index contributed by atoms with van der Waals surface area (Å²) in [5.41, 5.74) is -0.0857. The quantitative estimate of drug-likeness (QED) is 0.387. The van der Waals surface area contributed by atoms with Gasteiger partial charge in [-0.3, -0.25) is 4.79 Å². The summed E-state index contributed by atoms with van der Waals surface area (Å²) in [6.07, 6.45) is 0. The second-order valence-electron chi connectivity index (χ2n) is 2.56. The fourth-order valence-electron chi connectivity index (χ4n) is 0.699. The minimum atomic E-state index is -1.19. The van der Waals surface area contributed by atoms with E-state index in [-0.39, 0.29) is 5.57 Å². The first-order chi connectivity index (χ1) is 5.91. The second-order valence-corrected chi connectivity index (χ2v) is 2.56. The van der Waals surface area contributed by atoms with Crippen LogP contribution in [0.15, 0.2) is 11.3 Å². The molecule has 0 rings (SSSR count). The molecule has 0 saturated heterocycles. The molecule has 0 spiro atoms. The molecular weight excluding hydrogens is 176 g/mol. The van der Waals surface area contributed by atoms with Gasteiger partial charge in [-0.25, -0.2) is 4.79 Å². The zero-order valence-corrected chi connectivity index (χ0v) is 7.70. The molecule has 2 N–H and O–H groups in total. The molecule has 0 aromatic heterocycles. The van der Waals surface area contributed by atoms with Gasteiger partial charge in [0.2, 0.25) is 0 Å². The normalized spacial score (nSPS) is 14.4. The molecule has 0 aliphatic carbocycles. The largest absolute Gasteiger partial charge is 0.511 e. The maximum Gasteiger partial charge on any atom is 0.336 e. The first-order valence-electron chi connectivity index (χ1n) is 3.62. The van der Waals surface area contributed by atoms with E-state index in [9.17, 15) is 14.7 Å². The average molecular weight is 188 g/mol. The second kappa shape index (κ2) is 4.49. The fourth-order valence-corrected chi connectivity index (χ4v) is 0.699. The highest BCUT2D eigenvalue weighted by Gasteiger charge is 2.21. The van der Waals surface area contributed by atoms with Crippen LogP contribution in [0.4, 0.5) is 0 Å². The van der Waals surface area contributed by atoms with E-state index in [0.29, 0.717) is 0 Å². The van der Waals surface area contributed by atoms with E-state index in [4.69, 9.17) is 5.11 Å². The van der Waals surface area contributed by atoms with Gasteiger partial charge in [0, 0.05) is 0 Å². The average Bonchev–Trinajstić information content (AvgIpc) is 2.12. The number of aliphatic hydroxyl groups excluding tert-OH is 1. The maximum absolute atomic E-state index is 10.8. The first kappa shape index (κ1) is 11.5. The van der Waals surface area contributed by atoms with Gasteiger partial charge in [-0.05, 0) is 13.8 Å². The van der Waals surface area contributed by atoms with E-state index in [1.165, 1.54) is 13.8 Å². The Balaban J connectivity index is 4.80. The van der Waals surface area contributed by atoms with Crippen molar-refractivity contribution in [3.63, 3.8) is 0 Å². The topological polar surface area (TPSA) is 83.8 Å². The van der Waals surface area contributed by atoms with Gasteiger partial charge in [0.1, 0.15) is 11.7 Å². The fraction of sp³-hybridized carbons (Fsp3) is 0.500. The summed E-state index contributed by atoms with van der Waals surface area (Å²) in [5, 5.41) is 17.8. The van der Waals surface area contributed by atoms with Crippen LogP contribution < -0.4 is 0 Å². The predicted molar refractivity (Wildman–Crippen MR) is 44.1 cm³/mol. The Labute approximate surface area is 75.6 Å². The van der Waals surface area contributed by atoms with Gasteiger partial charge in [0.05, 0.1) is 12.7 Å². The third-order valence-corrected chi connectivity index (χ3v) is 1.66. The van der Waals surface area contributed by atoms with Gasteiger partial charge in [0.15, 0.2) is 0 Å². The van der Waals surface area contributed by atoms with Gasteiger partial charge in [-0.2, -0.15) is 0 Å². The van der Waals surface area contributed by atoms with E-state index in [2.05, 4.69) is 4.74 Å². The Kier molecular flexibility index (Phi) is 3.97. The third kappa shape index (κ3) is 2.77. The van der Waals surface area contributed by atoms with Gasteiger partial charge >= 0.3 is 11.9 Å². The molecule has 13 heavy (non-hydrogen) atoms. The summed E-state index contributed by atoms with van der Waals surface area (Å²) < 4.78 is 4.31. The van der Waals surface area contributed by atoms with Crippen molar-refractivity contribution in [3.8, 4) is 0 Å². The number of rotatable bonds is 3. The number of carboxylic acid groups (broad SMARTS) is 1. The van der Waals surface area contributed by atoms with Crippen molar-refractivity contribution in [1.82, 2.24) is 0 Å². The molecule has 0 amide bonds.